The van der Waals surface area contributed by atoms with E-state index in [1.165, 1.54) is 10.6 Å². The lowest BCUT2D eigenvalue weighted by molar-refractivity contribution is 0.0692. The molecule has 0 spiro atoms. The number of hydrogen-bond donors (Lipinski definition) is 3. The molecule has 1 aromatic carbocycles. The zero-order valence-corrected chi connectivity index (χ0v) is 15.3. The van der Waals surface area contributed by atoms with E-state index in [0.717, 1.165) is 12.8 Å². The van der Waals surface area contributed by atoms with E-state index >= 15 is 0 Å². The van der Waals surface area contributed by atoms with Gasteiger partial charge in [-0.15, -0.1) is 0 Å². The van der Waals surface area contributed by atoms with Crippen molar-refractivity contribution >= 4 is 23.0 Å². The summed E-state index contributed by atoms with van der Waals surface area (Å²) in [7, 11) is 0. The van der Waals surface area contributed by atoms with Crippen molar-refractivity contribution in [2.45, 2.75) is 26.3 Å². The molecule has 0 aliphatic carbocycles. The number of rotatable bonds is 9. The molecule has 28 heavy (non-hydrogen) atoms. The molecule has 3 rings (SSSR count). The van der Waals surface area contributed by atoms with Crippen LogP contribution in [-0.4, -0.2) is 43.8 Å². The van der Waals surface area contributed by atoms with Crippen molar-refractivity contribution in [3.63, 3.8) is 0 Å². The number of aromatic nitrogens is 4. The van der Waals surface area contributed by atoms with Crippen molar-refractivity contribution in [3.05, 3.63) is 40.3 Å². The van der Waals surface area contributed by atoms with Gasteiger partial charge >= 0.3 is 17.7 Å². The maximum absolute atomic E-state index is 12.3. The highest BCUT2D eigenvalue weighted by molar-refractivity contribution is 5.90. The minimum atomic E-state index is -1.09. The number of H-pyrrole nitrogens is 1. The number of hydrogen-bond acceptors (Lipinski definition) is 7. The van der Waals surface area contributed by atoms with E-state index in [2.05, 4.69) is 15.0 Å². The summed E-state index contributed by atoms with van der Waals surface area (Å²) in [6.07, 6.45) is 1.81. The normalized spacial score (nSPS) is 10.9. The first kappa shape index (κ1) is 19.2. The van der Waals surface area contributed by atoms with E-state index in [1.54, 1.807) is 18.2 Å². The van der Waals surface area contributed by atoms with E-state index < -0.39 is 11.7 Å². The second-order valence-corrected chi connectivity index (χ2v) is 6.02. The maximum atomic E-state index is 12.3. The Morgan fingerprint density at radius 1 is 1.25 bits per heavy atom. The number of carboxylic acid groups (broad SMARTS) is 1. The molecule has 2 heterocycles. The van der Waals surface area contributed by atoms with Gasteiger partial charge < -0.3 is 25.3 Å². The van der Waals surface area contributed by atoms with Crippen LogP contribution in [0, 0.1) is 0 Å². The molecule has 0 aliphatic rings. The Hall–Kier alpha value is -3.56. The molecule has 0 aliphatic heterocycles. The summed E-state index contributed by atoms with van der Waals surface area (Å²) in [5.41, 5.74) is 6.16. The maximum Gasteiger partial charge on any atom is 0.339 e. The number of unbranched alkanes of at least 4 members (excludes halogenated alkanes) is 1. The Morgan fingerprint density at radius 3 is 2.79 bits per heavy atom. The molecule has 10 heteroatoms. The number of nitrogen functional groups attached to an aromatic ring is 1. The highest BCUT2D eigenvalue weighted by Gasteiger charge is 2.15. The minimum absolute atomic E-state index is 0.0481. The zero-order chi connectivity index (χ0) is 20.1. The summed E-state index contributed by atoms with van der Waals surface area (Å²) in [4.78, 5) is 34.5. The van der Waals surface area contributed by atoms with Gasteiger partial charge in [0.1, 0.15) is 23.4 Å². The van der Waals surface area contributed by atoms with Crippen LogP contribution in [0.15, 0.2) is 29.1 Å². The van der Waals surface area contributed by atoms with Crippen molar-refractivity contribution < 1.29 is 19.4 Å². The van der Waals surface area contributed by atoms with E-state index in [-0.39, 0.29) is 36.3 Å². The molecular formula is C18H21N5O5. The van der Waals surface area contributed by atoms with Gasteiger partial charge in [0, 0.05) is 0 Å². The van der Waals surface area contributed by atoms with Gasteiger partial charge in [0.2, 0.25) is 0 Å². The number of aromatic carboxylic acids is 1. The number of para-hydroxylation sites is 1. The van der Waals surface area contributed by atoms with Gasteiger partial charge in [0.15, 0.2) is 11.5 Å². The summed E-state index contributed by atoms with van der Waals surface area (Å²) >= 11 is 0. The highest BCUT2D eigenvalue weighted by Crippen LogP contribution is 2.19. The Kier molecular flexibility index (Phi) is 5.78. The summed E-state index contributed by atoms with van der Waals surface area (Å²) in [6, 6.07) is 6.39. The molecule has 3 aromatic rings. The molecule has 0 saturated carbocycles. The van der Waals surface area contributed by atoms with Gasteiger partial charge in [-0.1, -0.05) is 25.5 Å². The fourth-order valence-electron chi connectivity index (χ4n) is 2.63. The van der Waals surface area contributed by atoms with Crippen LogP contribution in [0.5, 0.6) is 11.8 Å². The van der Waals surface area contributed by atoms with E-state index in [0.29, 0.717) is 17.8 Å². The monoisotopic (exact) mass is 387 g/mol. The average molecular weight is 387 g/mol. The second-order valence-electron chi connectivity index (χ2n) is 6.02. The molecule has 0 fully saturated rings. The Bertz CT molecular complexity index is 1040. The molecule has 0 amide bonds. The van der Waals surface area contributed by atoms with Crippen molar-refractivity contribution in [3.8, 4) is 11.8 Å². The molecule has 0 unspecified atom stereocenters. The van der Waals surface area contributed by atoms with Gasteiger partial charge in [0.05, 0.1) is 13.2 Å². The van der Waals surface area contributed by atoms with Crippen LogP contribution >= 0.6 is 0 Å². The van der Waals surface area contributed by atoms with Crippen LogP contribution in [0.25, 0.3) is 11.2 Å². The molecule has 0 bridgehead atoms. The molecule has 0 saturated heterocycles. The zero-order valence-electron chi connectivity index (χ0n) is 15.3. The standard InChI is InChI=1S/C18H21N5O5/c1-2-3-9-28-17-21-14(19)13-15(22-17)23(18(26)20-13)8-10-27-12-7-5-4-6-11(12)16(24)25/h4-7H,2-3,8-10H2,1H3,(H,20,26)(H,24,25)(H2,19,21,22). The SMILES string of the molecule is CCCCOc1nc(N)c2[nH]c(=O)n(CCOc3ccccc3C(=O)O)c2n1. The van der Waals surface area contributed by atoms with E-state index in [4.69, 9.17) is 15.2 Å². The first-order valence-corrected chi connectivity index (χ1v) is 8.85. The van der Waals surface area contributed by atoms with Crippen LogP contribution < -0.4 is 20.9 Å². The van der Waals surface area contributed by atoms with Gasteiger partial charge in [-0.25, -0.2) is 9.59 Å². The summed E-state index contributed by atoms with van der Waals surface area (Å²) in [6.45, 7) is 2.68. The summed E-state index contributed by atoms with van der Waals surface area (Å²) in [5, 5.41) is 9.20. The van der Waals surface area contributed by atoms with Crippen molar-refractivity contribution in [2.24, 2.45) is 0 Å². The number of ether oxygens (including phenoxy) is 2. The van der Waals surface area contributed by atoms with Crippen LogP contribution in [0.3, 0.4) is 0 Å². The Morgan fingerprint density at radius 2 is 2.04 bits per heavy atom. The Balaban J connectivity index is 1.80. The first-order valence-electron chi connectivity index (χ1n) is 8.85. The fraction of sp³-hybridized carbons (Fsp3) is 0.333. The van der Waals surface area contributed by atoms with Gasteiger partial charge in [-0.2, -0.15) is 9.97 Å². The summed E-state index contributed by atoms with van der Waals surface area (Å²) < 4.78 is 12.4. The smallest absolute Gasteiger partial charge is 0.339 e. The third-order valence-corrected chi connectivity index (χ3v) is 4.05. The highest BCUT2D eigenvalue weighted by atomic mass is 16.5. The number of anilines is 1. The number of carbonyl (C=O) groups is 1. The van der Waals surface area contributed by atoms with Crippen LogP contribution in [0.4, 0.5) is 5.82 Å². The van der Waals surface area contributed by atoms with Crippen molar-refractivity contribution in [1.82, 2.24) is 19.5 Å². The van der Waals surface area contributed by atoms with E-state index in [1.807, 2.05) is 6.92 Å². The molecule has 4 N–H and O–H groups in total. The molecule has 0 radical (unpaired) electrons. The first-order chi connectivity index (χ1) is 13.5. The van der Waals surface area contributed by atoms with Crippen LogP contribution in [-0.2, 0) is 6.54 Å². The summed E-state index contributed by atoms with van der Waals surface area (Å²) in [5.74, 6) is -0.751. The van der Waals surface area contributed by atoms with Gasteiger partial charge in [-0.3, -0.25) is 4.57 Å². The largest absolute Gasteiger partial charge is 0.491 e. The third-order valence-electron chi connectivity index (χ3n) is 4.05. The van der Waals surface area contributed by atoms with Gasteiger partial charge in [-0.05, 0) is 18.6 Å². The van der Waals surface area contributed by atoms with Crippen LogP contribution in [0.1, 0.15) is 30.1 Å². The number of carboxylic acids is 1. The van der Waals surface area contributed by atoms with E-state index in [9.17, 15) is 14.7 Å². The number of nitrogens with one attached hydrogen (secondary N) is 1. The molecule has 148 valence electrons. The number of imidazole rings is 1. The quantitative estimate of drug-likeness (QED) is 0.470. The fourth-order valence-corrected chi connectivity index (χ4v) is 2.63. The number of benzene rings is 1. The van der Waals surface area contributed by atoms with Crippen molar-refractivity contribution in [2.75, 3.05) is 18.9 Å². The molecule has 10 nitrogen and oxygen atoms in total. The van der Waals surface area contributed by atoms with Crippen LogP contribution in [0.2, 0.25) is 0 Å². The number of fused-ring (bicyclic) bond motifs is 1. The lowest BCUT2D eigenvalue weighted by Gasteiger charge is -2.10. The lowest BCUT2D eigenvalue weighted by Crippen LogP contribution is -2.21. The second kappa shape index (κ2) is 8.42. The van der Waals surface area contributed by atoms with Crippen molar-refractivity contribution in [1.29, 1.82) is 0 Å². The number of aromatic amines is 1. The lowest BCUT2D eigenvalue weighted by atomic mass is 10.2. The van der Waals surface area contributed by atoms with Gasteiger partial charge in [0.25, 0.3) is 0 Å². The third kappa shape index (κ3) is 4.05. The molecular weight excluding hydrogens is 366 g/mol. The number of nitrogens with two attached hydrogens (primary N) is 1. The minimum Gasteiger partial charge on any atom is -0.491 e. The Labute approximate surface area is 159 Å². The topological polar surface area (TPSA) is 145 Å². The number of nitrogens with zero attached hydrogens (tertiary/aromatic N) is 3. The predicted octanol–water partition coefficient (Wildman–Crippen LogP) is 1.66. The average Bonchev–Trinajstić information content (AvgIpc) is 2.99. The molecule has 0 atom stereocenters. The predicted molar refractivity (Wildman–Crippen MR) is 102 cm³/mol. The molecule has 2 aromatic heterocycles.